The second-order valence-electron chi connectivity index (χ2n) is 11.3. The van der Waals surface area contributed by atoms with Crippen molar-refractivity contribution in [1.29, 1.82) is 0 Å². The third kappa shape index (κ3) is 9.60. The fraction of sp³-hybridized carbons (Fsp3) is 0.567. The first-order chi connectivity index (χ1) is 20.7. The number of benzene rings is 2. The molecule has 0 aliphatic carbocycles. The number of methoxy groups -OCH3 is 1. The quantitative estimate of drug-likeness (QED) is 0.345. The van der Waals surface area contributed by atoms with Gasteiger partial charge in [0.15, 0.2) is 11.6 Å². The third-order valence-electron chi connectivity index (χ3n) is 8.46. The molecule has 2 aliphatic rings. The molecule has 3 atom stereocenters. The van der Waals surface area contributed by atoms with E-state index in [1.54, 1.807) is 0 Å². The van der Waals surface area contributed by atoms with Crippen LogP contribution in [0.2, 0.25) is 0 Å². The molecule has 16 heteroatoms. The first kappa shape index (κ1) is 39.8. The van der Waals surface area contributed by atoms with Crippen LogP contribution in [0.5, 0.6) is 5.75 Å². The van der Waals surface area contributed by atoms with Crippen molar-refractivity contribution in [3.05, 3.63) is 64.5 Å². The lowest BCUT2D eigenvalue weighted by molar-refractivity contribution is -0.143. The van der Waals surface area contributed by atoms with Crippen LogP contribution in [0.25, 0.3) is 0 Å². The Bertz CT molecular complexity index is 1260. The molecule has 4 rings (SSSR count). The predicted octanol–water partition coefficient (Wildman–Crippen LogP) is 5.29. The zero-order valence-corrected chi connectivity index (χ0v) is 26.6. The summed E-state index contributed by atoms with van der Waals surface area (Å²) < 4.78 is 100. The first-order valence-electron chi connectivity index (χ1n) is 14.4. The summed E-state index contributed by atoms with van der Waals surface area (Å²) in [6.45, 7) is 1.41. The number of alkyl halides is 6. The molecule has 2 aromatic carbocycles. The summed E-state index contributed by atoms with van der Waals surface area (Å²) in [6, 6.07) is 4.04. The van der Waals surface area contributed by atoms with E-state index in [0.29, 0.717) is 37.3 Å². The van der Waals surface area contributed by atoms with Gasteiger partial charge in [0.25, 0.3) is 5.91 Å². The summed E-state index contributed by atoms with van der Waals surface area (Å²) >= 11 is 0. The third-order valence-corrected chi connectivity index (χ3v) is 8.46. The van der Waals surface area contributed by atoms with Gasteiger partial charge in [0.05, 0.1) is 31.5 Å². The van der Waals surface area contributed by atoms with Gasteiger partial charge in [0.2, 0.25) is 0 Å². The molecule has 2 aliphatic heterocycles. The number of piperidine rings is 1. The molecule has 2 fully saturated rings. The molecule has 0 aromatic heterocycles. The summed E-state index contributed by atoms with van der Waals surface area (Å²) in [6.07, 6.45) is -7.64. The van der Waals surface area contributed by atoms with Crippen molar-refractivity contribution in [2.75, 3.05) is 53.0 Å². The van der Waals surface area contributed by atoms with Gasteiger partial charge in [-0.25, -0.2) is 4.39 Å². The number of carbonyl (C=O) groups is 1. The standard InChI is InChI=1S/C30H36F7N3O4.2ClH/c1-44-27-12-19(5-6-26(27)31)11-25-16-38(7-9-39-23(17-41)3-2-4-24(39)18-42)8-10-40(25)28(43)20-13-21(29(32,33)34)15-22(14-20)30(35,36)37;;/h5-6,12-15,23-25,41-42H,2-4,7-11,16-18H2,1H3;2*1H/t23-,24+,25-;;/m1../s1. The molecule has 46 heavy (non-hydrogen) atoms. The lowest BCUT2D eigenvalue weighted by Crippen LogP contribution is -2.58. The van der Waals surface area contributed by atoms with Gasteiger partial charge in [0.1, 0.15) is 0 Å². The van der Waals surface area contributed by atoms with Crippen molar-refractivity contribution >= 4 is 30.7 Å². The number of hydrogen-bond donors (Lipinski definition) is 2. The van der Waals surface area contributed by atoms with Crippen LogP contribution in [0.3, 0.4) is 0 Å². The maximum absolute atomic E-state index is 14.1. The molecular weight excluding hydrogens is 670 g/mol. The highest BCUT2D eigenvalue weighted by Crippen LogP contribution is 2.37. The number of aliphatic hydroxyl groups is 2. The topological polar surface area (TPSA) is 76.5 Å². The Morgan fingerprint density at radius 1 is 0.870 bits per heavy atom. The van der Waals surface area contributed by atoms with E-state index >= 15 is 0 Å². The summed E-state index contributed by atoms with van der Waals surface area (Å²) in [7, 11) is 1.28. The van der Waals surface area contributed by atoms with Gasteiger partial charge in [-0.2, -0.15) is 26.3 Å². The lowest BCUT2D eigenvalue weighted by atomic mass is 9.96. The maximum Gasteiger partial charge on any atom is 0.416 e. The van der Waals surface area contributed by atoms with Crippen molar-refractivity contribution in [1.82, 2.24) is 14.7 Å². The van der Waals surface area contributed by atoms with Crippen LogP contribution < -0.4 is 4.74 Å². The van der Waals surface area contributed by atoms with Crippen molar-refractivity contribution in [3.8, 4) is 5.75 Å². The Hall–Kier alpha value is -2.36. The van der Waals surface area contributed by atoms with E-state index in [-0.39, 0.29) is 81.4 Å². The summed E-state index contributed by atoms with van der Waals surface area (Å²) in [5.41, 5.74) is -3.32. The molecule has 0 unspecified atom stereocenters. The van der Waals surface area contributed by atoms with Crippen molar-refractivity contribution < 1.29 is 50.5 Å². The SMILES string of the molecule is COc1cc(C[C@@H]2CN(CCN3[C@H](CO)CCC[C@@H]3CO)CCN2C(=O)c2cc(C(F)(F)F)cc(C(F)(F)F)c2)ccc1F.Cl.Cl. The minimum atomic E-state index is -5.10. The maximum atomic E-state index is 14.1. The molecule has 2 saturated heterocycles. The molecule has 260 valence electrons. The molecule has 0 spiro atoms. The van der Waals surface area contributed by atoms with Crippen molar-refractivity contribution in [2.24, 2.45) is 0 Å². The van der Waals surface area contributed by atoms with E-state index in [4.69, 9.17) is 4.74 Å². The highest BCUT2D eigenvalue weighted by atomic mass is 35.5. The van der Waals surface area contributed by atoms with Gasteiger partial charge in [-0.15, -0.1) is 24.8 Å². The van der Waals surface area contributed by atoms with E-state index < -0.39 is 46.8 Å². The monoisotopic (exact) mass is 707 g/mol. The first-order valence-corrected chi connectivity index (χ1v) is 14.4. The number of amides is 1. The van der Waals surface area contributed by atoms with E-state index in [0.717, 1.165) is 19.3 Å². The molecule has 0 bridgehead atoms. The number of ether oxygens (including phenoxy) is 1. The van der Waals surface area contributed by atoms with Crippen LogP contribution in [0.15, 0.2) is 36.4 Å². The molecule has 2 aromatic rings. The number of aliphatic hydroxyl groups excluding tert-OH is 2. The van der Waals surface area contributed by atoms with E-state index in [1.165, 1.54) is 30.2 Å². The Balaban J connectivity index is 0.00000368. The molecule has 1 amide bonds. The van der Waals surface area contributed by atoms with Gasteiger partial charge < -0.3 is 19.8 Å². The highest BCUT2D eigenvalue weighted by molar-refractivity contribution is 5.95. The van der Waals surface area contributed by atoms with Crippen molar-refractivity contribution in [3.63, 3.8) is 0 Å². The number of hydrogen-bond acceptors (Lipinski definition) is 6. The van der Waals surface area contributed by atoms with Gasteiger partial charge in [-0.05, 0) is 55.2 Å². The Morgan fingerprint density at radius 3 is 1.98 bits per heavy atom. The van der Waals surface area contributed by atoms with E-state index in [9.17, 15) is 45.7 Å². The smallest absolute Gasteiger partial charge is 0.416 e. The number of piperazine rings is 1. The zero-order chi connectivity index (χ0) is 32.2. The average Bonchev–Trinajstić information content (AvgIpc) is 2.99. The summed E-state index contributed by atoms with van der Waals surface area (Å²) in [4.78, 5) is 19.0. The fourth-order valence-corrected chi connectivity index (χ4v) is 6.15. The largest absolute Gasteiger partial charge is 0.494 e. The Morgan fingerprint density at radius 2 is 1.46 bits per heavy atom. The van der Waals surface area contributed by atoms with E-state index in [2.05, 4.69) is 4.90 Å². The predicted molar refractivity (Wildman–Crippen MR) is 161 cm³/mol. The number of likely N-dealkylation sites (tertiary alicyclic amines) is 1. The number of halogens is 9. The molecular formula is C30H38Cl2F7N3O4. The number of rotatable bonds is 9. The normalized spacial score (nSPS) is 21.3. The summed E-state index contributed by atoms with van der Waals surface area (Å²) in [5, 5.41) is 19.7. The molecule has 7 nitrogen and oxygen atoms in total. The van der Waals surface area contributed by atoms with Crippen molar-refractivity contribution in [2.45, 2.75) is 56.2 Å². The molecule has 0 saturated carbocycles. The summed E-state index contributed by atoms with van der Waals surface area (Å²) in [5.74, 6) is -1.63. The minimum absolute atomic E-state index is 0. The molecule has 2 N–H and O–H groups in total. The average molecular weight is 709 g/mol. The van der Waals surface area contributed by atoms with Gasteiger partial charge in [-0.1, -0.05) is 12.5 Å². The second kappa shape index (κ2) is 16.6. The Kier molecular flexibility index (Phi) is 14.4. The Labute approximate surface area is 275 Å². The van der Waals surface area contributed by atoms with Crippen LogP contribution in [-0.2, 0) is 18.8 Å². The highest BCUT2D eigenvalue weighted by Gasteiger charge is 2.39. The zero-order valence-electron chi connectivity index (χ0n) is 25.0. The molecule has 0 radical (unpaired) electrons. The van der Waals surface area contributed by atoms with E-state index in [1.807, 2.05) is 4.90 Å². The second-order valence-corrected chi connectivity index (χ2v) is 11.3. The van der Waals surface area contributed by atoms with Crippen LogP contribution >= 0.6 is 24.8 Å². The van der Waals surface area contributed by atoms with Gasteiger partial charge in [-0.3, -0.25) is 14.6 Å². The molecule has 2 heterocycles. The van der Waals surface area contributed by atoms with Crippen LogP contribution in [0, 0.1) is 5.82 Å². The van der Waals surface area contributed by atoms with Crippen LogP contribution in [0.1, 0.15) is 46.3 Å². The lowest BCUT2D eigenvalue weighted by Gasteiger charge is -2.44. The van der Waals surface area contributed by atoms with Gasteiger partial charge >= 0.3 is 12.4 Å². The van der Waals surface area contributed by atoms with Crippen LogP contribution in [-0.4, -0.2) is 102 Å². The van der Waals surface area contributed by atoms with Gasteiger partial charge in [0, 0.05) is 56.4 Å². The fourth-order valence-electron chi connectivity index (χ4n) is 6.15. The number of carbonyl (C=O) groups excluding carboxylic acids is 1. The minimum Gasteiger partial charge on any atom is -0.494 e. The van der Waals surface area contributed by atoms with Crippen LogP contribution in [0.4, 0.5) is 30.7 Å². The number of nitrogens with zero attached hydrogens (tertiary/aromatic N) is 3.